The second-order valence-corrected chi connectivity index (χ2v) is 4.96. The largest absolute Gasteiger partial charge is 0.446 e. The smallest absolute Gasteiger partial charge is 0.199 e. The van der Waals surface area contributed by atoms with E-state index in [1.165, 1.54) is 12.8 Å². The molecule has 16 heavy (non-hydrogen) atoms. The molecule has 0 spiro atoms. The van der Waals surface area contributed by atoms with Gasteiger partial charge in [0.25, 0.3) is 0 Å². The molecule has 0 amide bonds. The first-order valence-corrected chi connectivity index (χ1v) is 6.24. The van der Waals surface area contributed by atoms with Crippen molar-refractivity contribution in [3.63, 3.8) is 0 Å². The number of aromatic nitrogens is 3. The van der Waals surface area contributed by atoms with Gasteiger partial charge >= 0.3 is 0 Å². The minimum absolute atomic E-state index is 0.494. The summed E-state index contributed by atoms with van der Waals surface area (Å²) in [5, 5.41) is 8.49. The Balaban J connectivity index is 2.09. The van der Waals surface area contributed by atoms with Crippen molar-refractivity contribution in [2.45, 2.75) is 32.2 Å². The van der Waals surface area contributed by atoms with Gasteiger partial charge in [-0.1, -0.05) is 6.92 Å². The van der Waals surface area contributed by atoms with Crippen LogP contribution in [0.3, 0.4) is 0 Å². The molecule has 3 heterocycles. The van der Waals surface area contributed by atoms with Crippen LogP contribution in [-0.2, 0) is 6.54 Å². The molecule has 0 aromatic carbocycles. The van der Waals surface area contributed by atoms with Crippen molar-refractivity contribution < 1.29 is 4.42 Å². The monoisotopic (exact) mass is 281 g/mol. The van der Waals surface area contributed by atoms with Crippen LogP contribution in [0.15, 0.2) is 21.2 Å². The Morgan fingerprint density at radius 2 is 2.31 bits per heavy atom. The van der Waals surface area contributed by atoms with Crippen LogP contribution in [0.2, 0.25) is 0 Å². The zero-order valence-electron chi connectivity index (χ0n) is 8.98. The van der Waals surface area contributed by atoms with Crippen LogP contribution in [0.5, 0.6) is 0 Å². The molecule has 4 nitrogen and oxygen atoms in total. The molecule has 5 heteroatoms. The highest BCUT2D eigenvalue weighted by molar-refractivity contribution is 9.10. The molecule has 0 fully saturated rings. The maximum Gasteiger partial charge on any atom is 0.199 e. The van der Waals surface area contributed by atoms with E-state index < -0.39 is 0 Å². The van der Waals surface area contributed by atoms with Crippen LogP contribution in [0.25, 0.3) is 11.6 Å². The summed E-state index contributed by atoms with van der Waals surface area (Å²) in [6.45, 7) is 3.18. The standard InChI is InChI=1S/C11H12BrN3O/c1-7-3-2-6-15-10(7)13-14-11(15)8-4-5-9(12)16-8/h4-5,7H,2-3,6H2,1H3. The minimum Gasteiger partial charge on any atom is -0.446 e. The molecule has 0 N–H and O–H groups in total. The summed E-state index contributed by atoms with van der Waals surface area (Å²) >= 11 is 3.30. The van der Waals surface area contributed by atoms with Gasteiger partial charge in [0, 0.05) is 12.5 Å². The second-order valence-electron chi connectivity index (χ2n) is 4.18. The molecule has 0 aliphatic carbocycles. The maximum absolute atomic E-state index is 5.52. The molecule has 0 saturated carbocycles. The number of rotatable bonds is 1. The van der Waals surface area contributed by atoms with E-state index in [1.807, 2.05) is 12.1 Å². The Morgan fingerprint density at radius 3 is 3.06 bits per heavy atom. The van der Waals surface area contributed by atoms with Crippen molar-refractivity contribution in [2.24, 2.45) is 0 Å². The molecule has 0 saturated heterocycles. The fourth-order valence-electron chi connectivity index (χ4n) is 2.20. The molecule has 1 atom stereocenters. The molecule has 0 radical (unpaired) electrons. The Bertz CT molecular complexity index is 517. The lowest BCUT2D eigenvalue weighted by atomic mass is 10.0. The van der Waals surface area contributed by atoms with Gasteiger partial charge in [0.1, 0.15) is 5.82 Å². The van der Waals surface area contributed by atoms with Crippen molar-refractivity contribution in [3.05, 3.63) is 22.6 Å². The first kappa shape index (κ1) is 10.1. The van der Waals surface area contributed by atoms with Crippen LogP contribution in [0, 0.1) is 0 Å². The van der Waals surface area contributed by atoms with E-state index in [0.29, 0.717) is 5.92 Å². The summed E-state index contributed by atoms with van der Waals surface area (Å²) in [4.78, 5) is 0. The Hall–Kier alpha value is -1.10. The third-order valence-corrected chi connectivity index (χ3v) is 3.46. The summed E-state index contributed by atoms with van der Waals surface area (Å²) < 4.78 is 8.41. The summed E-state index contributed by atoms with van der Waals surface area (Å²) in [5.74, 6) is 3.19. The first-order chi connectivity index (χ1) is 7.75. The molecule has 2 aromatic heterocycles. The lowest BCUT2D eigenvalue weighted by molar-refractivity contribution is 0.460. The van der Waals surface area contributed by atoms with Gasteiger partial charge < -0.3 is 8.98 Å². The van der Waals surface area contributed by atoms with Gasteiger partial charge in [-0.25, -0.2) is 0 Å². The molecular formula is C11H12BrN3O. The summed E-state index contributed by atoms with van der Waals surface area (Å²) in [6, 6.07) is 3.80. The first-order valence-electron chi connectivity index (χ1n) is 5.44. The average Bonchev–Trinajstić information content (AvgIpc) is 2.84. The van der Waals surface area contributed by atoms with Crippen molar-refractivity contribution in [1.29, 1.82) is 0 Å². The molecule has 1 aliphatic heterocycles. The van der Waals surface area contributed by atoms with Crippen LogP contribution in [0.1, 0.15) is 31.5 Å². The SMILES string of the molecule is CC1CCCn2c(-c3ccc(Br)o3)nnc21. The highest BCUT2D eigenvalue weighted by atomic mass is 79.9. The number of hydrogen-bond donors (Lipinski definition) is 0. The van der Waals surface area contributed by atoms with E-state index in [1.54, 1.807) is 0 Å². The highest BCUT2D eigenvalue weighted by Crippen LogP contribution is 2.30. The van der Waals surface area contributed by atoms with Crippen LogP contribution in [0.4, 0.5) is 0 Å². The maximum atomic E-state index is 5.52. The van der Waals surface area contributed by atoms with Gasteiger partial charge in [-0.05, 0) is 40.9 Å². The lowest BCUT2D eigenvalue weighted by Crippen LogP contribution is -2.14. The Kier molecular flexibility index (Phi) is 2.35. The zero-order chi connectivity index (χ0) is 11.1. The predicted octanol–water partition coefficient (Wildman–Crippen LogP) is 3.20. The van der Waals surface area contributed by atoms with Gasteiger partial charge in [-0.15, -0.1) is 10.2 Å². The number of fused-ring (bicyclic) bond motifs is 1. The fraction of sp³-hybridized carbons (Fsp3) is 0.455. The Morgan fingerprint density at radius 1 is 1.44 bits per heavy atom. The van der Waals surface area contributed by atoms with Gasteiger partial charge in [-0.2, -0.15) is 0 Å². The van der Waals surface area contributed by atoms with E-state index in [9.17, 15) is 0 Å². The summed E-state index contributed by atoms with van der Waals surface area (Å²) in [7, 11) is 0. The summed E-state index contributed by atoms with van der Waals surface area (Å²) in [6.07, 6.45) is 2.38. The molecular weight excluding hydrogens is 270 g/mol. The number of hydrogen-bond acceptors (Lipinski definition) is 3. The van der Waals surface area contributed by atoms with Gasteiger partial charge in [-0.3, -0.25) is 0 Å². The summed E-state index contributed by atoms with van der Waals surface area (Å²) in [5.41, 5.74) is 0. The number of halogens is 1. The number of furan rings is 1. The van der Waals surface area contributed by atoms with E-state index >= 15 is 0 Å². The lowest BCUT2D eigenvalue weighted by Gasteiger charge is -2.19. The molecule has 1 unspecified atom stereocenters. The van der Waals surface area contributed by atoms with Crippen molar-refractivity contribution >= 4 is 15.9 Å². The predicted molar refractivity (Wildman–Crippen MR) is 63.1 cm³/mol. The van der Waals surface area contributed by atoms with Gasteiger partial charge in [0.2, 0.25) is 0 Å². The van der Waals surface area contributed by atoms with Crippen molar-refractivity contribution in [2.75, 3.05) is 0 Å². The number of nitrogens with zero attached hydrogens (tertiary/aromatic N) is 3. The van der Waals surface area contributed by atoms with Crippen LogP contribution < -0.4 is 0 Å². The third-order valence-electron chi connectivity index (χ3n) is 3.03. The van der Waals surface area contributed by atoms with Gasteiger partial charge in [0.15, 0.2) is 16.3 Å². The molecule has 84 valence electrons. The molecule has 0 bridgehead atoms. The topological polar surface area (TPSA) is 43.9 Å². The fourth-order valence-corrected chi connectivity index (χ4v) is 2.51. The zero-order valence-corrected chi connectivity index (χ0v) is 10.6. The Labute approximate surface area is 102 Å². The van der Waals surface area contributed by atoms with Crippen LogP contribution >= 0.6 is 15.9 Å². The highest BCUT2D eigenvalue weighted by Gasteiger charge is 2.23. The average molecular weight is 282 g/mol. The van der Waals surface area contributed by atoms with Crippen LogP contribution in [-0.4, -0.2) is 14.8 Å². The molecule has 2 aromatic rings. The molecule has 1 aliphatic rings. The third kappa shape index (κ3) is 1.50. The van der Waals surface area contributed by atoms with E-state index in [4.69, 9.17) is 4.42 Å². The van der Waals surface area contributed by atoms with Gasteiger partial charge in [0.05, 0.1) is 0 Å². The van der Waals surface area contributed by atoms with E-state index in [0.717, 1.165) is 28.6 Å². The second kappa shape index (κ2) is 3.73. The van der Waals surface area contributed by atoms with E-state index in [-0.39, 0.29) is 0 Å². The normalized spacial score (nSPS) is 19.8. The molecule has 3 rings (SSSR count). The minimum atomic E-state index is 0.494. The van der Waals surface area contributed by atoms with E-state index in [2.05, 4.69) is 37.6 Å². The van der Waals surface area contributed by atoms with Crippen molar-refractivity contribution in [1.82, 2.24) is 14.8 Å². The quantitative estimate of drug-likeness (QED) is 0.806. The van der Waals surface area contributed by atoms with Crippen molar-refractivity contribution in [3.8, 4) is 11.6 Å².